The Morgan fingerprint density at radius 3 is 2.52 bits per heavy atom. The van der Waals surface area contributed by atoms with Crippen LogP contribution in [-0.2, 0) is 10.2 Å². The minimum Gasteiger partial charge on any atom is -0.454 e. The van der Waals surface area contributed by atoms with Crippen LogP contribution in [0.4, 0.5) is 11.4 Å². The van der Waals surface area contributed by atoms with Gasteiger partial charge in [0.25, 0.3) is 5.69 Å². The van der Waals surface area contributed by atoms with Gasteiger partial charge in [-0.25, -0.2) is 0 Å². The summed E-state index contributed by atoms with van der Waals surface area (Å²) in [5.74, 6) is -1.70. The quantitative estimate of drug-likeness (QED) is 0.190. The lowest BCUT2D eigenvalue weighted by Crippen LogP contribution is -2.49. The average Bonchev–Trinajstić information content (AvgIpc) is 3.73. The Morgan fingerprint density at radius 2 is 1.66 bits per heavy atom. The first kappa shape index (κ1) is 25.9. The van der Waals surface area contributed by atoms with E-state index < -0.39 is 45.8 Å². The Morgan fingerprint density at radius 1 is 0.886 bits per heavy atom. The molecule has 216 valence electrons. The summed E-state index contributed by atoms with van der Waals surface area (Å²) in [5.41, 5.74) is 1.32. The standard InChI is InChI=1S/C34H23N3O7/c38-30(20-7-5-8-22(16-20)37(41)42)28-29(31(39)21-12-13-26-27(17-21)44-18-43-26)36-15-14-19-6-1-2-9-23(19)32(36)34(28)24-10-3-4-11-25(24)35-33(34)40/h1-17,28-29,32H,18H2,(H,35,40)/t28-,29+,32-,34+/m0/s1. The predicted molar refractivity (Wildman–Crippen MR) is 158 cm³/mol. The van der Waals surface area contributed by atoms with Gasteiger partial charge in [-0.2, -0.15) is 0 Å². The number of benzene rings is 4. The predicted octanol–water partition coefficient (Wildman–Crippen LogP) is 5.31. The van der Waals surface area contributed by atoms with Crippen LogP contribution in [0.3, 0.4) is 0 Å². The molecule has 0 unspecified atom stereocenters. The van der Waals surface area contributed by atoms with Crippen molar-refractivity contribution >= 4 is 34.9 Å². The van der Waals surface area contributed by atoms with Crippen LogP contribution in [-0.4, -0.2) is 40.1 Å². The van der Waals surface area contributed by atoms with Crippen LogP contribution in [0.1, 0.15) is 43.4 Å². The van der Waals surface area contributed by atoms with Crippen molar-refractivity contribution in [2.75, 3.05) is 12.1 Å². The molecule has 0 bridgehead atoms. The first-order chi connectivity index (χ1) is 21.4. The molecule has 4 aromatic carbocycles. The fraction of sp³-hybridized carbons (Fsp3) is 0.147. The van der Waals surface area contributed by atoms with Gasteiger partial charge in [0.15, 0.2) is 23.1 Å². The smallest absolute Gasteiger partial charge is 0.270 e. The van der Waals surface area contributed by atoms with Crippen LogP contribution >= 0.6 is 0 Å². The molecule has 1 amide bonds. The van der Waals surface area contributed by atoms with Gasteiger partial charge < -0.3 is 19.7 Å². The summed E-state index contributed by atoms with van der Waals surface area (Å²) in [7, 11) is 0. The zero-order valence-corrected chi connectivity index (χ0v) is 23.0. The largest absolute Gasteiger partial charge is 0.454 e. The minimum absolute atomic E-state index is 0.0259. The second kappa shape index (κ2) is 9.37. The van der Waals surface area contributed by atoms with Crippen LogP contribution in [0.5, 0.6) is 11.5 Å². The Balaban J connectivity index is 1.40. The number of fused-ring (bicyclic) bond motifs is 7. The molecule has 10 heteroatoms. The van der Waals surface area contributed by atoms with E-state index in [0.29, 0.717) is 22.7 Å². The number of nitro benzene ring substituents is 1. The fourth-order valence-electron chi connectivity index (χ4n) is 7.34. The number of carbonyl (C=O) groups is 3. The molecule has 0 aliphatic carbocycles. The topological polar surface area (TPSA) is 128 Å². The number of rotatable bonds is 5. The monoisotopic (exact) mass is 585 g/mol. The first-order valence-corrected chi connectivity index (χ1v) is 14.1. The lowest BCUT2D eigenvalue weighted by atomic mass is 9.62. The van der Waals surface area contributed by atoms with Gasteiger partial charge in [-0.15, -0.1) is 0 Å². The zero-order valence-electron chi connectivity index (χ0n) is 23.0. The number of hydrogen-bond acceptors (Lipinski definition) is 8. The van der Waals surface area contributed by atoms with Crippen LogP contribution in [0, 0.1) is 16.0 Å². The molecule has 0 saturated carbocycles. The summed E-state index contributed by atoms with van der Waals surface area (Å²) >= 11 is 0. The lowest BCUT2D eigenvalue weighted by Gasteiger charge is -2.38. The van der Waals surface area contributed by atoms with Crippen molar-refractivity contribution in [1.29, 1.82) is 0 Å². The van der Waals surface area contributed by atoms with E-state index in [0.717, 1.165) is 11.1 Å². The molecule has 4 aliphatic rings. The maximum atomic E-state index is 14.9. The van der Waals surface area contributed by atoms with Crippen molar-refractivity contribution in [2.24, 2.45) is 5.92 Å². The number of para-hydroxylation sites is 1. The van der Waals surface area contributed by atoms with E-state index in [1.807, 2.05) is 41.3 Å². The molecule has 4 aliphatic heterocycles. The number of carbonyl (C=O) groups excluding carboxylic acids is 3. The highest BCUT2D eigenvalue weighted by Crippen LogP contribution is 2.62. The van der Waals surface area contributed by atoms with E-state index in [9.17, 15) is 24.5 Å². The second-order valence-electron chi connectivity index (χ2n) is 11.2. The van der Waals surface area contributed by atoms with Crippen molar-refractivity contribution in [3.05, 3.63) is 135 Å². The number of non-ortho nitro benzene ring substituents is 1. The molecular weight excluding hydrogens is 562 g/mol. The molecule has 8 rings (SSSR count). The summed E-state index contributed by atoms with van der Waals surface area (Å²) in [4.78, 5) is 57.1. The van der Waals surface area contributed by atoms with Gasteiger partial charge in [-0.3, -0.25) is 24.5 Å². The molecule has 1 saturated heterocycles. The molecule has 1 fully saturated rings. The molecule has 4 heterocycles. The van der Waals surface area contributed by atoms with E-state index >= 15 is 0 Å². The van der Waals surface area contributed by atoms with Gasteiger partial charge in [0.2, 0.25) is 12.7 Å². The van der Waals surface area contributed by atoms with Crippen molar-refractivity contribution in [3.8, 4) is 11.5 Å². The Labute approximate surface area is 250 Å². The van der Waals surface area contributed by atoms with Gasteiger partial charge in [0, 0.05) is 35.1 Å². The van der Waals surface area contributed by atoms with Crippen LogP contribution in [0.15, 0.2) is 97.2 Å². The normalized spacial score (nSPS) is 23.6. The molecule has 0 radical (unpaired) electrons. The summed E-state index contributed by atoms with van der Waals surface area (Å²) in [6.45, 7) is 0.0259. The van der Waals surface area contributed by atoms with Gasteiger partial charge in [0.05, 0.1) is 16.9 Å². The van der Waals surface area contributed by atoms with E-state index in [2.05, 4.69) is 5.32 Å². The van der Waals surface area contributed by atoms with Crippen LogP contribution in [0.2, 0.25) is 0 Å². The van der Waals surface area contributed by atoms with Crippen LogP contribution in [0.25, 0.3) is 6.08 Å². The van der Waals surface area contributed by atoms with Crippen LogP contribution < -0.4 is 14.8 Å². The van der Waals surface area contributed by atoms with E-state index in [4.69, 9.17) is 9.47 Å². The molecule has 1 spiro atoms. The third-order valence-corrected chi connectivity index (χ3v) is 9.12. The molecule has 10 nitrogen and oxygen atoms in total. The molecule has 4 aromatic rings. The number of amides is 1. The minimum atomic E-state index is -1.55. The Kier molecular flexibility index (Phi) is 5.51. The second-order valence-corrected chi connectivity index (χ2v) is 11.2. The number of Topliss-reactive ketones (excluding diaryl/α,β-unsaturated/α-hetero) is 2. The van der Waals surface area contributed by atoms with E-state index in [-0.39, 0.29) is 23.6 Å². The van der Waals surface area contributed by atoms with Gasteiger partial charge in [-0.1, -0.05) is 54.6 Å². The maximum absolute atomic E-state index is 14.9. The first-order valence-electron chi connectivity index (χ1n) is 14.1. The third-order valence-electron chi connectivity index (χ3n) is 9.12. The van der Waals surface area contributed by atoms with Gasteiger partial charge >= 0.3 is 0 Å². The van der Waals surface area contributed by atoms with Crippen molar-refractivity contribution in [2.45, 2.75) is 17.5 Å². The molecule has 44 heavy (non-hydrogen) atoms. The number of nitro groups is 1. The number of ether oxygens (including phenoxy) is 2. The highest BCUT2D eigenvalue weighted by molar-refractivity contribution is 6.16. The van der Waals surface area contributed by atoms with Gasteiger partial charge in [0.1, 0.15) is 11.5 Å². The van der Waals surface area contributed by atoms with E-state index in [1.54, 1.807) is 42.6 Å². The third kappa shape index (κ3) is 3.45. The number of nitrogens with one attached hydrogen (secondary N) is 1. The summed E-state index contributed by atoms with van der Waals surface area (Å²) in [6.07, 6.45) is 3.65. The molecule has 1 N–H and O–H groups in total. The average molecular weight is 586 g/mol. The number of nitrogens with zero attached hydrogens (tertiary/aromatic N) is 2. The Hall–Kier alpha value is -5.77. The zero-order chi connectivity index (χ0) is 30.2. The summed E-state index contributed by atoms with van der Waals surface area (Å²) in [5, 5.41) is 14.7. The summed E-state index contributed by atoms with van der Waals surface area (Å²) < 4.78 is 11.0. The molecule has 0 aromatic heterocycles. The summed E-state index contributed by atoms with van der Waals surface area (Å²) in [6, 6.07) is 23.2. The number of ketones is 2. The van der Waals surface area contributed by atoms with Gasteiger partial charge in [-0.05, 0) is 47.0 Å². The fourth-order valence-corrected chi connectivity index (χ4v) is 7.34. The highest BCUT2D eigenvalue weighted by Gasteiger charge is 2.70. The number of anilines is 1. The van der Waals surface area contributed by atoms with Crippen molar-refractivity contribution < 1.29 is 28.8 Å². The maximum Gasteiger partial charge on any atom is 0.270 e. The molecule has 4 atom stereocenters. The number of hydrogen-bond donors (Lipinski definition) is 1. The Bertz CT molecular complexity index is 1970. The van der Waals surface area contributed by atoms with Crippen molar-refractivity contribution in [3.63, 3.8) is 0 Å². The van der Waals surface area contributed by atoms with Crippen molar-refractivity contribution in [1.82, 2.24) is 4.90 Å². The SMILES string of the molecule is O=C(c1cccc([N+](=O)[O-])c1)[C@@H]1[C@H](C(=O)c2ccc3c(c2)OCO3)N2C=Cc3ccccc3[C@H]2[C@]12C(=O)Nc1ccccc12. The lowest BCUT2D eigenvalue weighted by molar-refractivity contribution is -0.384. The molecular formula is C34H23N3O7. The highest BCUT2D eigenvalue weighted by atomic mass is 16.7. The van der Waals surface area contributed by atoms with E-state index in [1.165, 1.54) is 24.3 Å².